The summed E-state index contributed by atoms with van der Waals surface area (Å²) >= 11 is 11.5. The molecule has 0 aliphatic carbocycles. The number of amides is 2. The van der Waals surface area contributed by atoms with Crippen molar-refractivity contribution in [1.82, 2.24) is 16.2 Å². The first-order valence-electron chi connectivity index (χ1n) is 7.14. The second-order valence-corrected chi connectivity index (χ2v) is 6.62. The molecule has 0 bridgehead atoms. The van der Waals surface area contributed by atoms with E-state index in [0.29, 0.717) is 10.2 Å². The summed E-state index contributed by atoms with van der Waals surface area (Å²) < 4.78 is 11.5. The largest absolute Gasteiger partial charge is 0.483 e. The van der Waals surface area contributed by atoms with Crippen molar-refractivity contribution >= 4 is 67.0 Å². The highest BCUT2D eigenvalue weighted by atomic mass is 79.9. The number of thiocarbonyl (C=S) groups is 1. The Morgan fingerprint density at radius 2 is 1.92 bits per heavy atom. The number of carbonyl (C=O) groups excluding carboxylic acids is 3. The van der Waals surface area contributed by atoms with Crippen LogP contribution in [-0.4, -0.2) is 36.1 Å². The summed E-state index contributed by atoms with van der Waals surface area (Å²) in [6, 6.07) is 5.24. The molecular formula is C15H15Br2N3O5S. The van der Waals surface area contributed by atoms with Crippen LogP contribution in [0.2, 0.25) is 0 Å². The van der Waals surface area contributed by atoms with Gasteiger partial charge in [-0.1, -0.05) is 15.9 Å². The number of ether oxygens (including phenoxy) is 2. The van der Waals surface area contributed by atoms with Crippen molar-refractivity contribution in [3.63, 3.8) is 0 Å². The molecule has 26 heavy (non-hydrogen) atoms. The average Bonchev–Trinajstić information content (AvgIpc) is 2.57. The van der Waals surface area contributed by atoms with Crippen LogP contribution < -0.4 is 20.9 Å². The lowest BCUT2D eigenvalue weighted by Gasteiger charge is -2.11. The minimum Gasteiger partial charge on any atom is -0.483 e. The van der Waals surface area contributed by atoms with Gasteiger partial charge in [-0.3, -0.25) is 25.8 Å². The normalized spacial score (nSPS) is 10.1. The molecule has 11 heteroatoms. The molecular weight excluding hydrogens is 494 g/mol. The molecule has 0 aliphatic heterocycles. The molecule has 0 aromatic heterocycles. The molecule has 8 nitrogen and oxygen atoms in total. The molecule has 0 radical (unpaired) electrons. The van der Waals surface area contributed by atoms with Gasteiger partial charge in [-0.05, 0) is 53.3 Å². The molecule has 0 heterocycles. The Kier molecular flexibility index (Phi) is 9.84. The second kappa shape index (κ2) is 11.6. The van der Waals surface area contributed by atoms with Crippen molar-refractivity contribution in [3.8, 4) is 5.75 Å². The van der Waals surface area contributed by atoms with Gasteiger partial charge in [-0.15, -0.1) is 0 Å². The highest BCUT2D eigenvalue weighted by Crippen LogP contribution is 2.27. The van der Waals surface area contributed by atoms with Crippen LogP contribution in [0, 0.1) is 0 Å². The zero-order chi connectivity index (χ0) is 19.5. The maximum absolute atomic E-state index is 11.7. The molecule has 0 atom stereocenters. The van der Waals surface area contributed by atoms with Crippen LogP contribution in [0.15, 0.2) is 39.3 Å². The lowest BCUT2D eigenvalue weighted by atomic mass is 10.3. The van der Waals surface area contributed by atoms with E-state index >= 15 is 0 Å². The maximum atomic E-state index is 11.7. The third-order valence-corrected chi connectivity index (χ3v) is 3.78. The molecule has 1 rings (SSSR count). The quantitative estimate of drug-likeness (QED) is 0.232. The molecule has 1 aromatic rings. The van der Waals surface area contributed by atoms with Gasteiger partial charge in [-0.2, -0.15) is 0 Å². The number of esters is 1. The Labute approximate surface area is 171 Å². The SMILES string of the molecule is CCOC(=O)C=CC(=O)NC(=S)NNC(=O)COc1ccc(Br)cc1Br. The van der Waals surface area contributed by atoms with Gasteiger partial charge >= 0.3 is 5.97 Å². The molecule has 3 N–H and O–H groups in total. The minimum absolute atomic E-state index is 0.151. The van der Waals surface area contributed by atoms with E-state index < -0.39 is 17.8 Å². The van der Waals surface area contributed by atoms with E-state index in [9.17, 15) is 14.4 Å². The Hall–Kier alpha value is -1.98. The van der Waals surface area contributed by atoms with Gasteiger partial charge in [0.1, 0.15) is 5.75 Å². The summed E-state index contributed by atoms with van der Waals surface area (Å²) in [6.45, 7) is 1.58. The molecule has 0 aliphatic rings. The van der Waals surface area contributed by atoms with Crippen LogP contribution >= 0.6 is 44.1 Å². The topological polar surface area (TPSA) is 106 Å². The third-order valence-electron chi connectivity index (χ3n) is 2.46. The van der Waals surface area contributed by atoms with E-state index in [1.807, 2.05) is 0 Å². The number of nitrogens with one attached hydrogen (secondary N) is 3. The number of benzene rings is 1. The zero-order valence-corrected chi connectivity index (χ0v) is 17.5. The van der Waals surface area contributed by atoms with Crippen LogP contribution in [0.1, 0.15) is 6.92 Å². The summed E-state index contributed by atoms with van der Waals surface area (Å²) in [7, 11) is 0. The molecule has 140 valence electrons. The van der Waals surface area contributed by atoms with E-state index in [2.05, 4.69) is 52.8 Å². The molecule has 0 spiro atoms. The Balaban J connectivity index is 2.32. The van der Waals surface area contributed by atoms with Gasteiger partial charge in [0.2, 0.25) is 5.91 Å². The fraction of sp³-hybridized carbons (Fsp3) is 0.200. The molecule has 1 aromatic carbocycles. The van der Waals surface area contributed by atoms with Gasteiger partial charge in [0.05, 0.1) is 11.1 Å². The van der Waals surface area contributed by atoms with E-state index in [1.165, 1.54) is 0 Å². The summed E-state index contributed by atoms with van der Waals surface area (Å²) in [5.74, 6) is -1.33. The Bertz CT molecular complexity index is 727. The van der Waals surface area contributed by atoms with Gasteiger partial charge in [-0.25, -0.2) is 4.79 Å². The average molecular weight is 509 g/mol. The Morgan fingerprint density at radius 1 is 1.19 bits per heavy atom. The number of halogens is 2. The minimum atomic E-state index is -0.653. The van der Waals surface area contributed by atoms with Crippen LogP contribution in [0.3, 0.4) is 0 Å². The van der Waals surface area contributed by atoms with Crippen molar-refractivity contribution in [1.29, 1.82) is 0 Å². The van der Waals surface area contributed by atoms with E-state index in [0.717, 1.165) is 16.6 Å². The molecule has 0 unspecified atom stereocenters. The van der Waals surface area contributed by atoms with Gasteiger partial charge in [0, 0.05) is 16.6 Å². The lowest BCUT2D eigenvalue weighted by Crippen LogP contribution is -2.49. The van der Waals surface area contributed by atoms with Crippen molar-refractivity contribution in [2.45, 2.75) is 6.92 Å². The van der Waals surface area contributed by atoms with E-state index in [-0.39, 0.29) is 18.3 Å². The highest BCUT2D eigenvalue weighted by molar-refractivity contribution is 9.11. The first-order chi connectivity index (χ1) is 12.3. The van der Waals surface area contributed by atoms with E-state index in [1.54, 1.807) is 25.1 Å². The van der Waals surface area contributed by atoms with Gasteiger partial charge in [0.15, 0.2) is 11.7 Å². The summed E-state index contributed by atoms with van der Waals surface area (Å²) in [5, 5.41) is 2.09. The number of rotatable bonds is 6. The monoisotopic (exact) mass is 507 g/mol. The molecule has 0 saturated heterocycles. The number of hydrazine groups is 1. The van der Waals surface area contributed by atoms with Crippen molar-refractivity contribution in [2.75, 3.05) is 13.2 Å². The summed E-state index contributed by atoms with van der Waals surface area (Å²) in [5.41, 5.74) is 4.60. The van der Waals surface area contributed by atoms with Gasteiger partial charge < -0.3 is 9.47 Å². The van der Waals surface area contributed by atoms with Crippen molar-refractivity contribution in [2.24, 2.45) is 0 Å². The van der Waals surface area contributed by atoms with Crippen molar-refractivity contribution in [3.05, 3.63) is 39.3 Å². The lowest BCUT2D eigenvalue weighted by molar-refractivity contribution is -0.137. The van der Waals surface area contributed by atoms with Crippen LogP contribution in [0.5, 0.6) is 5.75 Å². The second-order valence-electron chi connectivity index (χ2n) is 4.44. The third kappa shape index (κ3) is 8.92. The van der Waals surface area contributed by atoms with Crippen LogP contribution in [0.25, 0.3) is 0 Å². The molecule has 0 fully saturated rings. The van der Waals surface area contributed by atoms with Crippen molar-refractivity contribution < 1.29 is 23.9 Å². The zero-order valence-electron chi connectivity index (χ0n) is 13.5. The van der Waals surface area contributed by atoms with Gasteiger partial charge in [0.25, 0.3) is 5.91 Å². The maximum Gasteiger partial charge on any atom is 0.330 e. The smallest absolute Gasteiger partial charge is 0.330 e. The number of hydrogen-bond donors (Lipinski definition) is 3. The Morgan fingerprint density at radius 3 is 2.58 bits per heavy atom. The number of hydrogen-bond acceptors (Lipinski definition) is 6. The predicted molar refractivity (Wildman–Crippen MR) is 105 cm³/mol. The fourth-order valence-corrected chi connectivity index (χ4v) is 2.73. The summed E-state index contributed by atoms with van der Waals surface area (Å²) in [4.78, 5) is 34.3. The summed E-state index contributed by atoms with van der Waals surface area (Å²) in [6.07, 6.45) is 1.92. The molecule has 2 amide bonds. The first kappa shape index (κ1) is 22.1. The first-order valence-corrected chi connectivity index (χ1v) is 9.13. The predicted octanol–water partition coefficient (Wildman–Crippen LogP) is 1.73. The fourth-order valence-electron chi connectivity index (χ4n) is 1.42. The van der Waals surface area contributed by atoms with E-state index in [4.69, 9.17) is 17.0 Å². The molecule has 0 saturated carbocycles. The number of carbonyl (C=O) groups is 3. The highest BCUT2D eigenvalue weighted by Gasteiger charge is 2.07. The van der Waals surface area contributed by atoms with Crippen LogP contribution in [-0.2, 0) is 19.1 Å². The van der Waals surface area contributed by atoms with Crippen LogP contribution in [0.4, 0.5) is 0 Å². The standard InChI is InChI=1S/C15H15Br2N3O5S/c1-2-24-14(23)6-5-12(21)18-15(26)20-19-13(22)8-25-11-4-3-9(16)7-10(11)17/h3-7H,2,8H2,1H3,(H,19,22)(H2,18,20,21,26).